The molecule has 1 unspecified atom stereocenters. The zero-order valence-corrected chi connectivity index (χ0v) is 23.5. The molecule has 2 aliphatic rings. The monoisotopic (exact) mass is 568 g/mol. The van der Waals surface area contributed by atoms with Crippen molar-refractivity contribution >= 4 is 34.7 Å². The van der Waals surface area contributed by atoms with Crippen molar-refractivity contribution in [3.05, 3.63) is 89.4 Å². The number of nitrogens with zero attached hydrogens (tertiary/aromatic N) is 4. The van der Waals surface area contributed by atoms with Crippen LogP contribution in [0.3, 0.4) is 0 Å². The number of H-pyrrole nitrogens is 1. The SMILES string of the molecule is N#Cc1cccn1CCC(NSc1cccc2[nH]ccc12)C(=O)N1CCc2ccc(C(=O)N3CCOCC3)cc2C1. The molecule has 10 heteroatoms. The number of aryl methyl sites for hydroxylation is 1. The van der Waals surface area contributed by atoms with Crippen LogP contribution in [0.5, 0.6) is 0 Å². The fourth-order valence-electron chi connectivity index (χ4n) is 5.54. The zero-order chi connectivity index (χ0) is 28.2. The molecule has 0 aliphatic carbocycles. The first kappa shape index (κ1) is 27.1. The van der Waals surface area contributed by atoms with E-state index in [2.05, 4.69) is 15.8 Å². The second-order valence-electron chi connectivity index (χ2n) is 10.4. The molecule has 1 atom stereocenters. The van der Waals surface area contributed by atoms with Gasteiger partial charge in [-0.05, 0) is 78.4 Å². The number of aromatic amines is 1. The minimum absolute atomic E-state index is 0.00875. The van der Waals surface area contributed by atoms with E-state index in [9.17, 15) is 14.9 Å². The summed E-state index contributed by atoms with van der Waals surface area (Å²) in [6, 6.07) is 19.4. The van der Waals surface area contributed by atoms with Crippen molar-refractivity contribution in [2.45, 2.75) is 36.9 Å². The summed E-state index contributed by atoms with van der Waals surface area (Å²) in [4.78, 5) is 35.1. The summed E-state index contributed by atoms with van der Waals surface area (Å²) in [6.45, 7) is 3.92. The first-order chi connectivity index (χ1) is 20.1. The van der Waals surface area contributed by atoms with Crippen molar-refractivity contribution in [3.63, 3.8) is 0 Å². The summed E-state index contributed by atoms with van der Waals surface area (Å²) in [5.41, 5.74) is 4.47. The molecule has 2 aromatic carbocycles. The van der Waals surface area contributed by atoms with Gasteiger partial charge in [0.05, 0.1) is 19.3 Å². The van der Waals surface area contributed by atoms with Crippen molar-refractivity contribution in [1.82, 2.24) is 24.1 Å². The number of carbonyl (C=O) groups excluding carboxylic acids is 2. The van der Waals surface area contributed by atoms with Crippen molar-refractivity contribution in [2.75, 3.05) is 32.8 Å². The number of fused-ring (bicyclic) bond motifs is 2. The Morgan fingerprint density at radius 1 is 1.05 bits per heavy atom. The standard InChI is InChI=1S/C31H32N6O3S/c32-20-25-3-2-12-35(25)14-10-28(34-41-29-5-1-4-27-26(29)8-11-33-27)31(39)37-13-9-22-6-7-23(19-24(22)21-37)30(38)36-15-17-40-18-16-36/h1-8,11-12,19,28,33-34H,9-10,13-18,21H2. The number of nitrogens with one attached hydrogen (secondary N) is 2. The molecule has 4 aromatic rings. The van der Waals surface area contributed by atoms with E-state index in [1.54, 1.807) is 6.07 Å². The topological polar surface area (TPSA) is 106 Å². The van der Waals surface area contributed by atoms with Gasteiger partial charge in [0.25, 0.3) is 5.91 Å². The predicted octanol–water partition coefficient (Wildman–Crippen LogP) is 3.95. The average Bonchev–Trinajstić information content (AvgIpc) is 3.70. The summed E-state index contributed by atoms with van der Waals surface area (Å²) in [7, 11) is 0. The van der Waals surface area contributed by atoms with Gasteiger partial charge in [0, 0.05) is 66.5 Å². The van der Waals surface area contributed by atoms with Crippen LogP contribution in [0.15, 0.2) is 71.9 Å². The molecular formula is C31H32N6O3S. The number of rotatable bonds is 8. The van der Waals surface area contributed by atoms with Gasteiger partial charge in [0.15, 0.2) is 0 Å². The number of ether oxygens (including phenoxy) is 1. The highest BCUT2D eigenvalue weighted by Gasteiger charge is 2.29. The maximum Gasteiger partial charge on any atom is 0.254 e. The lowest BCUT2D eigenvalue weighted by Crippen LogP contribution is -2.47. The van der Waals surface area contributed by atoms with E-state index >= 15 is 0 Å². The van der Waals surface area contributed by atoms with Gasteiger partial charge in [-0.3, -0.25) is 9.59 Å². The maximum atomic E-state index is 14.0. The highest BCUT2D eigenvalue weighted by atomic mass is 32.2. The maximum absolute atomic E-state index is 14.0. The fourth-order valence-corrected chi connectivity index (χ4v) is 6.46. The summed E-state index contributed by atoms with van der Waals surface area (Å²) >= 11 is 1.46. The van der Waals surface area contributed by atoms with Crippen molar-refractivity contribution in [3.8, 4) is 6.07 Å². The second-order valence-corrected chi connectivity index (χ2v) is 11.2. The van der Waals surface area contributed by atoms with E-state index in [1.165, 1.54) is 17.5 Å². The normalized spacial score (nSPS) is 15.9. The molecular weight excluding hydrogens is 536 g/mol. The quantitative estimate of drug-likeness (QED) is 0.312. The first-order valence-electron chi connectivity index (χ1n) is 13.9. The van der Waals surface area contributed by atoms with E-state index in [1.807, 2.05) is 75.3 Å². The minimum Gasteiger partial charge on any atom is -0.378 e. The molecule has 210 valence electrons. The first-order valence-corrected chi connectivity index (χ1v) is 14.7. The average molecular weight is 569 g/mol. The molecule has 1 saturated heterocycles. The Kier molecular flexibility index (Phi) is 8.09. The van der Waals surface area contributed by atoms with E-state index < -0.39 is 6.04 Å². The fraction of sp³-hybridized carbons (Fsp3) is 0.323. The van der Waals surface area contributed by atoms with Crippen LogP contribution in [0.2, 0.25) is 0 Å². The highest BCUT2D eigenvalue weighted by Crippen LogP contribution is 2.27. The number of nitriles is 1. The van der Waals surface area contributed by atoms with Crippen molar-refractivity contribution < 1.29 is 14.3 Å². The largest absolute Gasteiger partial charge is 0.378 e. The molecule has 0 saturated carbocycles. The summed E-state index contributed by atoms with van der Waals surface area (Å²) in [6.07, 6.45) is 5.05. The van der Waals surface area contributed by atoms with Crippen LogP contribution in [0.1, 0.15) is 33.6 Å². The molecule has 41 heavy (non-hydrogen) atoms. The minimum atomic E-state index is -0.470. The van der Waals surface area contributed by atoms with Crippen LogP contribution in [0, 0.1) is 11.3 Å². The number of amides is 2. The van der Waals surface area contributed by atoms with Gasteiger partial charge >= 0.3 is 0 Å². The van der Waals surface area contributed by atoms with Gasteiger partial charge < -0.3 is 24.1 Å². The number of benzene rings is 2. The smallest absolute Gasteiger partial charge is 0.254 e. The third-order valence-corrected chi connectivity index (χ3v) is 8.82. The number of hydrogen-bond acceptors (Lipinski definition) is 6. The molecule has 0 radical (unpaired) electrons. The van der Waals surface area contributed by atoms with Gasteiger partial charge in [-0.2, -0.15) is 5.26 Å². The highest BCUT2D eigenvalue weighted by molar-refractivity contribution is 7.97. The lowest BCUT2D eigenvalue weighted by molar-refractivity contribution is -0.134. The van der Waals surface area contributed by atoms with Crippen LogP contribution >= 0.6 is 11.9 Å². The van der Waals surface area contributed by atoms with Crippen LogP contribution in [0.25, 0.3) is 10.9 Å². The Labute approximate surface area is 243 Å². The Morgan fingerprint density at radius 2 is 1.93 bits per heavy atom. The molecule has 1 fully saturated rings. The van der Waals surface area contributed by atoms with Gasteiger partial charge in [-0.25, -0.2) is 4.72 Å². The molecule has 0 bridgehead atoms. The Hall–Kier alpha value is -4.04. The van der Waals surface area contributed by atoms with Gasteiger partial charge in [0.2, 0.25) is 5.91 Å². The molecule has 9 nitrogen and oxygen atoms in total. The van der Waals surface area contributed by atoms with Gasteiger partial charge in [-0.1, -0.05) is 12.1 Å². The molecule has 4 heterocycles. The summed E-state index contributed by atoms with van der Waals surface area (Å²) in [5.74, 6) is 0.0226. The van der Waals surface area contributed by atoms with Crippen molar-refractivity contribution in [1.29, 1.82) is 5.26 Å². The Bertz CT molecular complexity index is 1600. The molecule has 0 spiro atoms. The summed E-state index contributed by atoms with van der Waals surface area (Å²) < 4.78 is 10.7. The van der Waals surface area contributed by atoms with Crippen LogP contribution < -0.4 is 4.72 Å². The third-order valence-electron chi connectivity index (χ3n) is 7.84. The van der Waals surface area contributed by atoms with Crippen LogP contribution in [-0.2, 0) is 29.0 Å². The lowest BCUT2D eigenvalue weighted by Gasteiger charge is -2.33. The van der Waals surface area contributed by atoms with Crippen LogP contribution in [0.4, 0.5) is 0 Å². The molecule has 6 rings (SSSR count). The number of hydrogen-bond donors (Lipinski definition) is 2. The molecule has 2 aliphatic heterocycles. The van der Waals surface area contributed by atoms with Crippen molar-refractivity contribution in [2.24, 2.45) is 0 Å². The number of carbonyl (C=O) groups is 2. The Balaban J connectivity index is 1.19. The van der Waals surface area contributed by atoms with E-state index in [0.29, 0.717) is 63.6 Å². The van der Waals surface area contributed by atoms with E-state index in [0.717, 1.165) is 27.8 Å². The number of morpholine rings is 1. The summed E-state index contributed by atoms with van der Waals surface area (Å²) in [5, 5.41) is 10.5. The predicted molar refractivity (Wildman–Crippen MR) is 157 cm³/mol. The third kappa shape index (κ3) is 5.88. The van der Waals surface area contributed by atoms with Crippen LogP contribution in [-0.4, -0.2) is 70.1 Å². The molecule has 2 amide bonds. The van der Waals surface area contributed by atoms with Gasteiger partial charge in [0.1, 0.15) is 11.8 Å². The second kappa shape index (κ2) is 12.2. The lowest BCUT2D eigenvalue weighted by atomic mass is 9.96. The Morgan fingerprint density at radius 3 is 2.78 bits per heavy atom. The van der Waals surface area contributed by atoms with E-state index in [-0.39, 0.29) is 11.8 Å². The number of aromatic nitrogens is 2. The van der Waals surface area contributed by atoms with E-state index in [4.69, 9.17) is 4.74 Å². The zero-order valence-electron chi connectivity index (χ0n) is 22.7. The van der Waals surface area contributed by atoms with Gasteiger partial charge in [-0.15, -0.1) is 0 Å². The molecule has 2 aromatic heterocycles. The molecule has 2 N–H and O–H groups in total.